The minimum Gasteiger partial charge on any atom is -0.480 e. The summed E-state index contributed by atoms with van der Waals surface area (Å²) < 4.78 is 4.71. The van der Waals surface area contributed by atoms with Crippen molar-refractivity contribution < 1.29 is 29.0 Å². The summed E-state index contributed by atoms with van der Waals surface area (Å²) in [5.74, 6) is -2.10. The van der Waals surface area contributed by atoms with Gasteiger partial charge in [-0.25, -0.2) is 4.79 Å². The van der Waals surface area contributed by atoms with Crippen LogP contribution < -0.4 is 16.0 Å². The van der Waals surface area contributed by atoms with Crippen molar-refractivity contribution in [2.75, 3.05) is 26.2 Å². The normalized spacial score (nSPS) is 9.45. The number of carbonyl (C=O) groups is 4. The first-order valence-corrected chi connectivity index (χ1v) is 6.11. The molecule has 0 aromatic heterocycles. The Morgan fingerprint density at radius 3 is 2.35 bits per heavy atom. The Morgan fingerprint density at radius 2 is 1.75 bits per heavy atom. The van der Waals surface area contributed by atoms with E-state index in [1.807, 2.05) is 0 Å². The van der Waals surface area contributed by atoms with Gasteiger partial charge in [0.05, 0.1) is 13.2 Å². The van der Waals surface area contributed by atoms with Crippen molar-refractivity contribution >= 4 is 23.9 Å². The zero-order valence-electron chi connectivity index (χ0n) is 11.2. The van der Waals surface area contributed by atoms with Crippen LogP contribution >= 0.6 is 0 Å². The summed E-state index contributed by atoms with van der Waals surface area (Å²) in [5.41, 5.74) is 0. The predicted molar refractivity (Wildman–Crippen MR) is 67.9 cm³/mol. The molecule has 0 fully saturated rings. The molecule has 0 atom stereocenters. The number of urea groups is 1. The molecule has 0 aliphatic heterocycles. The lowest BCUT2D eigenvalue weighted by atomic mass is 10.3. The average Bonchev–Trinajstić information content (AvgIpc) is 2.39. The third kappa shape index (κ3) is 10.8. The van der Waals surface area contributed by atoms with E-state index in [1.54, 1.807) is 6.92 Å². The zero-order chi connectivity index (χ0) is 15.4. The fourth-order valence-corrected chi connectivity index (χ4v) is 1.13. The summed E-state index contributed by atoms with van der Waals surface area (Å²) in [5, 5.41) is 15.1. The van der Waals surface area contributed by atoms with Gasteiger partial charge < -0.3 is 25.8 Å². The Morgan fingerprint density at radius 1 is 1.05 bits per heavy atom. The van der Waals surface area contributed by atoms with E-state index in [0.717, 1.165) is 0 Å². The Balaban J connectivity index is 3.56. The number of ether oxygens (including phenoxy) is 1. The molecule has 0 aromatic rings. The molecule has 0 saturated carbocycles. The molecule has 0 unspecified atom stereocenters. The van der Waals surface area contributed by atoms with Crippen LogP contribution in [-0.2, 0) is 19.1 Å². The smallest absolute Gasteiger partial charge is 0.322 e. The molecule has 0 spiro atoms. The number of aliphatic carboxylic acids is 1. The van der Waals surface area contributed by atoms with Crippen LogP contribution in [0.5, 0.6) is 0 Å². The Kier molecular flexibility index (Phi) is 9.36. The molecule has 0 aliphatic rings. The molecule has 0 saturated heterocycles. The van der Waals surface area contributed by atoms with Crippen molar-refractivity contribution in [2.24, 2.45) is 0 Å². The van der Waals surface area contributed by atoms with Crippen LogP contribution in [0.4, 0.5) is 4.79 Å². The fourth-order valence-electron chi connectivity index (χ4n) is 1.13. The Hall–Kier alpha value is -2.32. The number of amides is 3. The molecule has 0 bridgehead atoms. The first-order chi connectivity index (χ1) is 9.45. The molecule has 0 rings (SSSR count). The molecule has 114 valence electrons. The minimum absolute atomic E-state index is 0.202. The molecular formula is C11H19N3O6. The average molecular weight is 289 g/mol. The van der Waals surface area contributed by atoms with Gasteiger partial charge in [-0.1, -0.05) is 0 Å². The SMILES string of the molecule is CCOC(=O)CCCNC(=O)NCC(=O)NCC(=O)O. The lowest BCUT2D eigenvalue weighted by Crippen LogP contribution is -2.43. The fraction of sp³-hybridized carbons (Fsp3) is 0.636. The van der Waals surface area contributed by atoms with Crippen LogP contribution in [0.2, 0.25) is 0 Å². The first-order valence-electron chi connectivity index (χ1n) is 6.11. The van der Waals surface area contributed by atoms with E-state index in [1.165, 1.54) is 0 Å². The van der Waals surface area contributed by atoms with E-state index < -0.39 is 24.5 Å². The van der Waals surface area contributed by atoms with Crippen molar-refractivity contribution in [1.82, 2.24) is 16.0 Å². The van der Waals surface area contributed by atoms with Gasteiger partial charge in [-0.2, -0.15) is 0 Å². The van der Waals surface area contributed by atoms with E-state index in [0.29, 0.717) is 13.0 Å². The monoisotopic (exact) mass is 289 g/mol. The summed E-state index contributed by atoms with van der Waals surface area (Å²) in [6, 6.07) is -0.570. The molecule has 0 heterocycles. The van der Waals surface area contributed by atoms with Gasteiger partial charge in [0.15, 0.2) is 0 Å². The van der Waals surface area contributed by atoms with E-state index in [4.69, 9.17) is 9.84 Å². The molecule has 20 heavy (non-hydrogen) atoms. The molecule has 9 nitrogen and oxygen atoms in total. The number of carbonyl (C=O) groups excluding carboxylic acids is 3. The maximum atomic E-state index is 11.2. The number of hydrogen-bond donors (Lipinski definition) is 4. The summed E-state index contributed by atoms with van der Waals surface area (Å²) in [4.78, 5) is 43.4. The zero-order valence-corrected chi connectivity index (χ0v) is 11.2. The van der Waals surface area contributed by atoms with Gasteiger partial charge in [0.2, 0.25) is 5.91 Å². The highest BCUT2D eigenvalue weighted by molar-refractivity contribution is 5.86. The van der Waals surface area contributed by atoms with Gasteiger partial charge >= 0.3 is 18.0 Å². The summed E-state index contributed by atoms with van der Waals surface area (Å²) in [6.07, 6.45) is 0.630. The number of esters is 1. The number of hydrogen-bond acceptors (Lipinski definition) is 5. The van der Waals surface area contributed by atoms with Gasteiger partial charge in [-0.05, 0) is 13.3 Å². The second-order valence-corrected chi connectivity index (χ2v) is 3.69. The minimum atomic E-state index is -1.17. The van der Waals surface area contributed by atoms with Crippen molar-refractivity contribution in [1.29, 1.82) is 0 Å². The summed E-state index contributed by atoms with van der Waals surface area (Å²) in [6.45, 7) is 1.47. The molecule has 0 aliphatic carbocycles. The summed E-state index contributed by atoms with van der Waals surface area (Å²) >= 11 is 0. The lowest BCUT2D eigenvalue weighted by Gasteiger charge is -2.07. The third-order valence-corrected chi connectivity index (χ3v) is 1.99. The standard InChI is InChI=1S/C11H19N3O6/c1-2-20-10(18)4-3-5-12-11(19)14-6-8(15)13-7-9(16)17/h2-7H2,1H3,(H,13,15)(H,16,17)(H2,12,14,19). The second-order valence-electron chi connectivity index (χ2n) is 3.69. The second kappa shape index (κ2) is 10.6. The summed E-state index contributed by atoms with van der Waals surface area (Å²) in [7, 11) is 0. The highest BCUT2D eigenvalue weighted by Gasteiger charge is 2.06. The van der Waals surface area contributed by atoms with Gasteiger partial charge in [0.25, 0.3) is 0 Å². The van der Waals surface area contributed by atoms with Crippen molar-refractivity contribution in [3.8, 4) is 0 Å². The maximum absolute atomic E-state index is 11.2. The third-order valence-electron chi connectivity index (χ3n) is 1.99. The van der Waals surface area contributed by atoms with E-state index in [2.05, 4.69) is 16.0 Å². The topological polar surface area (TPSA) is 134 Å². The number of carboxylic acid groups (broad SMARTS) is 1. The van der Waals surface area contributed by atoms with Crippen molar-refractivity contribution in [3.63, 3.8) is 0 Å². The molecule has 0 aromatic carbocycles. The number of nitrogens with one attached hydrogen (secondary N) is 3. The largest absolute Gasteiger partial charge is 0.480 e. The van der Waals surface area contributed by atoms with Crippen LogP contribution in [0.1, 0.15) is 19.8 Å². The molecule has 3 amide bonds. The quantitative estimate of drug-likeness (QED) is 0.312. The van der Waals surface area contributed by atoms with Gasteiger partial charge in [0.1, 0.15) is 6.54 Å². The van der Waals surface area contributed by atoms with Crippen LogP contribution in [-0.4, -0.2) is 55.2 Å². The van der Waals surface area contributed by atoms with Crippen LogP contribution in [0.15, 0.2) is 0 Å². The Bertz CT molecular complexity index is 358. The van der Waals surface area contributed by atoms with Gasteiger partial charge in [-0.3, -0.25) is 14.4 Å². The van der Waals surface area contributed by atoms with E-state index in [9.17, 15) is 19.2 Å². The molecule has 4 N–H and O–H groups in total. The molecular weight excluding hydrogens is 270 g/mol. The van der Waals surface area contributed by atoms with Crippen LogP contribution in [0.25, 0.3) is 0 Å². The molecule has 0 radical (unpaired) electrons. The van der Waals surface area contributed by atoms with Crippen molar-refractivity contribution in [2.45, 2.75) is 19.8 Å². The number of carboxylic acids is 1. The number of rotatable bonds is 9. The maximum Gasteiger partial charge on any atom is 0.322 e. The highest BCUT2D eigenvalue weighted by atomic mass is 16.5. The van der Waals surface area contributed by atoms with E-state index >= 15 is 0 Å². The van der Waals surface area contributed by atoms with Crippen LogP contribution in [0.3, 0.4) is 0 Å². The van der Waals surface area contributed by atoms with Crippen molar-refractivity contribution in [3.05, 3.63) is 0 Å². The van der Waals surface area contributed by atoms with Gasteiger partial charge in [0, 0.05) is 13.0 Å². The van der Waals surface area contributed by atoms with Crippen LogP contribution in [0, 0.1) is 0 Å². The highest BCUT2D eigenvalue weighted by Crippen LogP contribution is 1.90. The molecule has 9 heteroatoms. The van der Waals surface area contributed by atoms with E-state index in [-0.39, 0.29) is 25.5 Å². The Labute approximate surface area is 116 Å². The van der Waals surface area contributed by atoms with Gasteiger partial charge in [-0.15, -0.1) is 0 Å². The lowest BCUT2D eigenvalue weighted by molar-refractivity contribution is -0.143. The first kappa shape index (κ1) is 17.7. The predicted octanol–water partition coefficient (Wildman–Crippen LogP) is -1.17.